The zero-order valence-electron chi connectivity index (χ0n) is 11.0. The van der Waals surface area contributed by atoms with Gasteiger partial charge in [0.25, 0.3) is 0 Å². The molecule has 0 aliphatic rings. The van der Waals surface area contributed by atoms with Crippen LogP contribution in [0.1, 0.15) is 11.7 Å². The van der Waals surface area contributed by atoms with Crippen LogP contribution in [0.4, 0.5) is 0 Å². The number of hydrogen-bond acceptors (Lipinski definition) is 4. The lowest BCUT2D eigenvalue weighted by Gasteiger charge is -2.14. The van der Waals surface area contributed by atoms with Gasteiger partial charge < -0.3 is 15.3 Å². The Morgan fingerprint density at radius 3 is 2.43 bits per heavy atom. The molecule has 1 aromatic heterocycles. The number of aliphatic hydroxyl groups is 2. The van der Waals surface area contributed by atoms with E-state index in [2.05, 4.69) is 4.98 Å². The van der Waals surface area contributed by atoms with Gasteiger partial charge in [-0.15, -0.1) is 0 Å². The summed E-state index contributed by atoms with van der Waals surface area (Å²) in [4.78, 5) is 15.2. The number of rotatable bonds is 3. The Morgan fingerprint density at radius 2 is 1.67 bits per heavy atom. The van der Waals surface area contributed by atoms with Crippen LogP contribution < -0.4 is 0 Å². The first-order valence-corrected chi connectivity index (χ1v) is 6.44. The fraction of sp³-hybridized carbons (Fsp3) is 0.125. The summed E-state index contributed by atoms with van der Waals surface area (Å²) in [5.74, 6) is -1.46. The number of pyridine rings is 1. The third kappa shape index (κ3) is 2.44. The topological polar surface area (TPSA) is 90.7 Å². The van der Waals surface area contributed by atoms with E-state index < -0.39 is 18.2 Å². The van der Waals surface area contributed by atoms with Gasteiger partial charge in [0.1, 0.15) is 6.10 Å². The first kappa shape index (κ1) is 13.5. The smallest absolute Gasteiger partial charge is 0.335 e. The van der Waals surface area contributed by atoms with Crippen molar-refractivity contribution in [2.45, 2.75) is 12.2 Å². The molecule has 0 amide bonds. The van der Waals surface area contributed by atoms with Crippen molar-refractivity contribution < 1.29 is 20.1 Å². The highest BCUT2D eigenvalue weighted by Gasteiger charge is 2.25. The van der Waals surface area contributed by atoms with Crippen molar-refractivity contribution in [2.24, 2.45) is 0 Å². The number of hydrogen-bond donors (Lipinski definition) is 3. The summed E-state index contributed by atoms with van der Waals surface area (Å²) in [5.41, 5.74) is 1.95. The standard InChI is InChI=1S/C16H13NO4/c18-14(15(19)16(20)21)10-5-6-13-11(8-10)7-9-3-1-2-4-12(9)17-13/h1-8,14-15,18-19H,(H,20,21). The number of aliphatic carboxylic acids is 1. The van der Waals surface area contributed by atoms with E-state index in [-0.39, 0.29) is 0 Å². The second-order valence-corrected chi connectivity index (χ2v) is 4.86. The molecule has 1 heterocycles. The van der Waals surface area contributed by atoms with Crippen LogP contribution >= 0.6 is 0 Å². The Bertz CT molecular complexity index is 831. The average Bonchev–Trinajstić information content (AvgIpc) is 2.50. The summed E-state index contributed by atoms with van der Waals surface area (Å²) in [7, 11) is 0. The molecule has 3 rings (SSSR count). The van der Waals surface area contributed by atoms with Crippen molar-refractivity contribution in [3.63, 3.8) is 0 Å². The molecule has 0 aliphatic carbocycles. The Labute approximate surface area is 120 Å². The molecular formula is C16H13NO4. The minimum atomic E-state index is -1.85. The maximum absolute atomic E-state index is 10.7. The molecule has 106 valence electrons. The quantitative estimate of drug-likeness (QED) is 0.638. The Balaban J connectivity index is 2.11. The summed E-state index contributed by atoms with van der Waals surface area (Å²) < 4.78 is 0. The van der Waals surface area contributed by atoms with Crippen molar-refractivity contribution in [3.8, 4) is 0 Å². The monoisotopic (exact) mass is 283 g/mol. The summed E-state index contributed by atoms with van der Waals surface area (Å²) >= 11 is 0. The average molecular weight is 283 g/mol. The predicted molar refractivity (Wildman–Crippen MR) is 77.9 cm³/mol. The lowest BCUT2D eigenvalue weighted by molar-refractivity contribution is -0.153. The molecule has 0 bridgehead atoms. The van der Waals surface area contributed by atoms with Gasteiger partial charge in [0.2, 0.25) is 0 Å². The van der Waals surface area contributed by atoms with Crippen LogP contribution in [0.15, 0.2) is 48.5 Å². The molecule has 2 unspecified atom stereocenters. The van der Waals surface area contributed by atoms with E-state index in [0.29, 0.717) is 5.56 Å². The van der Waals surface area contributed by atoms with Crippen LogP contribution in [-0.2, 0) is 4.79 Å². The van der Waals surface area contributed by atoms with E-state index in [1.54, 1.807) is 18.2 Å². The van der Waals surface area contributed by atoms with Gasteiger partial charge in [-0.05, 0) is 29.8 Å². The van der Waals surface area contributed by atoms with Crippen molar-refractivity contribution >= 4 is 27.8 Å². The summed E-state index contributed by atoms with van der Waals surface area (Å²) in [6.07, 6.45) is -3.32. The first-order chi connectivity index (χ1) is 10.1. The highest BCUT2D eigenvalue weighted by molar-refractivity contribution is 5.93. The lowest BCUT2D eigenvalue weighted by atomic mass is 10.0. The molecule has 3 aromatic rings. The molecule has 5 heteroatoms. The minimum Gasteiger partial charge on any atom is -0.479 e. The van der Waals surface area contributed by atoms with Gasteiger partial charge in [-0.1, -0.05) is 24.3 Å². The third-order valence-corrected chi connectivity index (χ3v) is 3.43. The van der Waals surface area contributed by atoms with Crippen LogP contribution in [0, 0.1) is 0 Å². The molecule has 5 nitrogen and oxygen atoms in total. The summed E-state index contributed by atoms with van der Waals surface area (Å²) in [5, 5.41) is 29.8. The number of carbonyl (C=O) groups is 1. The van der Waals surface area contributed by atoms with E-state index in [1.807, 2.05) is 30.3 Å². The zero-order chi connectivity index (χ0) is 15.0. The van der Waals surface area contributed by atoms with Gasteiger partial charge in [0.05, 0.1) is 11.0 Å². The van der Waals surface area contributed by atoms with Crippen LogP contribution in [-0.4, -0.2) is 32.4 Å². The van der Waals surface area contributed by atoms with Gasteiger partial charge in [0, 0.05) is 10.8 Å². The number of carboxylic acid groups (broad SMARTS) is 1. The van der Waals surface area contributed by atoms with Gasteiger partial charge in [0.15, 0.2) is 6.10 Å². The maximum Gasteiger partial charge on any atom is 0.335 e. The Hall–Kier alpha value is -2.50. The second kappa shape index (κ2) is 5.12. The normalized spacial score (nSPS) is 14.2. The zero-order valence-corrected chi connectivity index (χ0v) is 11.0. The Kier molecular flexibility index (Phi) is 3.29. The number of fused-ring (bicyclic) bond motifs is 2. The molecule has 0 saturated heterocycles. The molecule has 21 heavy (non-hydrogen) atoms. The molecule has 2 atom stereocenters. The predicted octanol–water partition coefficient (Wildman–Crippen LogP) is 1.87. The molecular weight excluding hydrogens is 270 g/mol. The highest BCUT2D eigenvalue weighted by Crippen LogP contribution is 2.24. The molecule has 2 aromatic carbocycles. The molecule has 0 saturated carbocycles. The van der Waals surface area contributed by atoms with Gasteiger partial charge in [-0.3, -0.25) is 0 Å². The fourth-order valence-corrected chi connectivity index (χ4v) is 2.30. The number of benzene rings is 2. The second-order valence-electron chi connectivity index (χ2n) is 4.86. The fourth-order valence-electron chi connectivity index (χ4n) is 2.30. The molecule has 3 N–H and O–H groups in total. The van der Waals surface area contributed by atoms with Crippen LogP contribution in [0.2, 0.25) is 0 Å². The van der Waals surface area contributed by atoms with E-state index in [1.165, 1.54) is 0 Å². The number of para-hydroxylation sites is 1. The van der Waals surface area contributed by atoms with Crippen LogP contribution in [0.3, 0.4) is 0 Å². The SMILES string of the molecule is O=C(O)C(O)C(O)c1ccc2nc3ccccc3cc2c1. The van der Waals surface area contributed by atoms with Crippen molar-refractivity contribution in [3.05, 3.63) is 54.1 Å². The molecule has 0 aliphatic heterocycles. The van der Waals surface area contributed by atoms with Crippen LogP contribution in [0.25, 0.3) is 21.8 Å². The molecule has 0 spiro atoms. The Morgan fingerprint density at radius 1 is 0.952 bits per heavy atom. The van der Waals surface area contributed by atoms with Gasteiger partial charge in [-0.2, -0.15) is 0 Å². The first-order valence-electron chi connectivity index (χ1n) is 6.44. The number of nitrogens with zero attached hydrogens (tertiary/aromatic N) is 1. The summed E-state index contributed by atoms with van der Waals surface area (Å²) in [6, 6.07) is 14.5. The minimum absolute atomic E-state index is 0.342. The van der Waals surface area contributed by atoms with E-state index in [9.17, 15) is 15.0 Å². The van der Waals surface area contributed by atoms with Gasteiger partial charge >= 0.3 is 5.97 Å². The van der Waals surface area contributed by atoms with E-state index in [4.69, 9.17) is 5.11 Å². The lowest BCUT2D eigenvalue weighted by Crippen LogP contribution is -2.27. The molecule has 0 fully saturated rings. The van der Waals surface area contributed by atoms with E-state index >= 15 is 0 Å². The maximum atomic E-state index is 10.7. The number of carboxylic acids is 1. The number of aliphatic hydroxyl groups excluding tert-OH is 2. The van der Waals surface area contributed by atoms with E-state index in [0.717, 1.165) is 21.8 Å². The van der Waals surface area contributed by atoms with Crippen molar-refractivity contribution in [1.29, 1.82) is 0 Å². The number of aromatic nitrogens is 1. The summed E-state index contributed by atoms with van der Waals surface area (Å²) in [6.45, 7) is 0. The van der Waals surface area contributed by atoms with Crippen molar-refractivity contribution in [1.82, 2.24) is 4.98 Å². The largest absolute Gasteiger partial charge is 0.479 e. The van der Waals surface area contributed by atoms with Crippen molar-refractivity contribution in [2.75, 3.05) is 0 Å². The molecule has 0 radical (unpaired) electrons. The highest BCUT2D eigenvalue weighted by atomic mass is 16.4. The van der Waals surface area contributed by atoms with Gasteiger partial charge in [-0.25, -0.2) is 9.78 Å². The third-order valence-electron chi connectivity index (χ3n) is 3.43. The van der Waals surface area contributed by atoms with Crippen LogP contribution in [0.5, 0.6) is 0 Å².